The van der Waals surface area contributed by atoms with Crippen LogP contribution in [-0.2, 0) is 12.2 Å². The summed E-state index contributed by atoms with van der Waals surface area (Å²) in [5.74, 6) is 1.05. The molecule has 3 heterocycles. The van der Waals surface area contributed by atoms with E-state index in [2.05, 4.69) is 31.1 Å². The fourth-order valence-electron chi connectivity index (χ4n) is 2.47. The molecule has 0 spiro atoms. The van der Waals surface area contributed by atoms with Gasteiger partial charge >= 0.3 is 0 Å². The average molecular weight is 429 g/mol. The van der Waals surface area contributed by atoms with Crippen molar-refractivity contribution >= 4 is 33.3 Å². The maximum Gasteiger partial charge on any atom is 0.276 e. The van der Waals surface area contributed by atoms with E-state index >= 15 is 0 Å². The summed E-state index contributed by atoms with van der Waals surface area (Å²) in [6, 6.07) is 15.1. The third-order valence-electron chi connectivity index (χ3n) is 3.67. The predicted molar refractivity (Wildman–Crippen MR) is 102 cm³/mol. The van der Waals surface area contributed by atoms with Gasteiger partial charge in [0.15, 0.2) is 0 Å². The zero-order valence-corrected chi connectivity index (χ0v) is 15.9. The molecule has 26 heavy (non-hydrogen) atoms. The first-order valence-corrected chi connectivity index (χ1v) is 9.62. The second-order valence-electron chi connectivity index (χ2n) is 5.57. The molecule has 0 unspecified atom stereocenters. The van der Waals surface area contributed by atoms with Crippen LogP contribution in [0.25, 0.3) is 5.65 Å². The Morgan fingerprint density at radius 3 is 2.81 bits per heavy atom. The van der Waals surface area contributed by atoms with E-state index in [-0.39, 0.29) is 5.56 Å². The Labute approximate surface area is 161 Å². The lowest BCUT2D eigenvalue weighted by Crippen LogP contribution is -2.15. The molecule has 0 aliphatic rings. The minimum absolute atomic E-state index is 0.123. The minimum Gasteiger partial charge on any atom is -0.416 e. The second-order valence-corrected chi connectivity index (χ2v) is 7.42. The zero-order valence-electron chi connectivity index (χ0n) is 13.5. The van der Waals surface area contributed by atoms with E-state index in [0.29, 0.717) is 34.6 Å². The summed E-state index contributed by atoms with van der Waals surface area (Å²) in [6.07, 6.45) is 2.30. The third-order valence-corrected chi connectivity index (χ3v) is 4.99. The fraction of sp³-hybridized carbons (Fsp3) is 0.111. The van der Waals surface area contributed by atoms with Gasteiger partial charge < -0.3 is 4.42 Å². The molecule has 0 radical (unpaired) electrons. The smallest absolute Gasteiger partial charge is 0.276 e. The van der Waals surface area contributed by atoms with E-state index in [4.69, 9.17) is 4.42 Å². The van der Waals surface area contributed by atoms with Crippen molar-refractivity contribution in [2.45, 2.75) is 17.4 Å². The lowest BCUT2D eigenvalue weighted by Gasteiger charge is -2.03. The Kier molecular flexibility index (Phi) is 4.85. The number of aromatic nitrogens is 4. The highest BCUT2D eigenvalue weighted by atomic mass is 79.9. The molecule has 0 N–H and O–H groups in total. The van der Waals surface area contributed by atoms with Crippen LogP contribution in [0.2, 0.25) is 0 Å². The van der Waals surface area contributed by atoms with Crippen molar-refractivity contribution < 1.29 is 4.42 Å². The molecule has 0 bridgehead atoms. The average Bonchev–Trinajstić information content (AvgIpc) is 3.09. The van der Waals surface area contributed by atoms with Crippen molar-refractivity contribution in [3.8, 4) is 0 Å². The van der Waals surface area contributed by atoms with Gasteiger partial charge in [0.1, 0.15) is 5.65 Å². The first-order valence-electron chi connectivity index (χ1n) is 7.84. The zero-order chi connectivity index (χ0) is 17.9. The highest BCUT2D eigenvalue weighted by Gasteiger charge is 2.09. The fourth-order valence-corrected chi connectivity index (χ4v) is 3.48. The van der Waals surface area contributed by atoms with Crippen LogP contribution >= 0.6 is 27.7 Å². The largest absolute Gasteiger partial charge is 0.416 e. The molecular formula is C18H13BrN4O2S. The molecule has 0 amide bonds. The minimum atomic E-state index is -0.123. The molecule has 6 nitrogen and oxygen atoms in total. The standard InChI is InChI=1S/C18H13BrN4O2S/c19-13-6-7-15-20-14(9-17(24)23(15)10-13)11-26-18-22-21-16(25-18)8-12-4-2-1-3-5-12/h1-7,9-10H,8,11H2. The first-order chi connectivity index (χ1) is 12.7. The molecule has 0 fully saturated rings. The molecule has 0 atom stereocenters. The molecule has 3 aromatic heterocycles. The van der Waals surface area contributed by atoms with E-state index in [1.54, 1.807) is 12.3 Å². The van der Waals surface area contributed by atoms with Gasteiger partial charge in [0.2, 0.25) is 5.89 Å². The summed E-state index contributed by atoms with van der Waals surface area (Å²) in [5.41, 5.74) is 2.27. The quantitative estimate of drug-likeness (QED) is 0.451. The summed E-state index contributed by atoms with van der Waals surface area (Å²) in [4.78, 5) is 16.7. The normalized spacial score (nSPS) is 11.1. The Bertz CT molecular complexity index is 1110. The van der Waals surface area contributed by atoms with Crippen molar-refractivity contribution in [2.24, 2.45) is 0 Å². The van der Waals surface area contributed by atoms with Crippen molar-refractivity contribution in [2.75, 3.05) is 0 Å². The number of hydrogen-bond acceptors (Lipinski definition) is 6. The third kappa shape index (κ3) is 3.86. The molecule has 0 aliphatic heterocycles. The van der Waals surface area contributed by atoms with Gasteiger partial charge in [-0.1, -0.05) is 42.1 Å². The highest BCUT2D eigenvalue weighted by molar-refractivity contribution is 9.10. The van der Waals surface area contributed by atoms with Gasteiger partial charge in [-0.05, 0) is 33.6 Å². The molecule has 0 saturated heterocycles. The van der Waals surface area contributed by atoms with Crippen LogP contribution in [0.1, 0.15) is 17.1 Å². The van der Waals surface area contributed by atoms with Crippen LogP contribution in [0.3, 0.4) is 0 Å². The molecule has 1 aromatic carbocycles. The Morgan fingerprint density at radius 1 is 1.12 bits per heavy atom. The number of nitrogens with zero attached hydrogens (tertiary/aromatic N) is 4. The molecule has 130 valence electrons. The maximum absolute atomic E-state index is 12.2. The Balaban J connectivity index is 1.47. The van der Waals surface area contributed by atoms with Gasteiger partial charge in [-0.2, -0.15) is 0 Å². The summed E-state index contributed by atoms with van der Waals surface area (Å²) in [7, 11) is 0. The first kappa shape index (κ1) is 17.0. The second kappa shape index (κ2) is 7.43. The van der Waals surface area contributed by atoms with Gasteiger partial charge in [-0.3, -0.25) is 9.20 Å². The van der Waals surface area contributed by atoms with E-state index in [9.17, 15) is 4.79 Å². The molecule has 4 aromatic rings. The van der Waals surface area contributed by atoms with Gasteiger partial charge in [-0.15, -0.1) is 10.2 Å². The van der Waals surface area contributed by atoms with Crippen LogP contribution in [0.4, 0.5) is 0 Å². The number of fused-ring (bicyclic) bond motifs is 1. The number of rotatable bonds is 5. The van der Waals surface area contributed by atoms with Gasteiger partial charge in [-0.25, -0.2) is 4.98 Å². The monoisotopic (exact) mass is 428 g/mol. The van der Waals surface area contributed by atoms with Crippen LogP contribution in [0.5, 0.6) is 0 Å². The van der Waals surface area contributed by atoms with Crippen LogP contribution in [0, 0.1) is 0 Å². The summed E-state index contributed by atoms with van der Waals surface area (Å²) in [5, 5.41) is 8.59. The molecule has 0 saturated carbocycles. The predicted octanol–water partition coefficient (Wildman–Crippen LogP) is 3.72. The van der Waals surface area contributed by atoms with Crippen molar-refractivity contribution in [1.29, 1.82) is 0 Å². The van der Waals surface area contributed by atoms with Crippen LogP contribution in [-0.4, -0.2) is 19.6 Å². The molecular weight excluding hydrogens is 416 g/mol. The number of hydrogen-bond donors (Lipinski definition) is 0. The number of thioether (sulfide) groups is 1. The lowest BCUT2D eigenvalue weighted by molar-refractivity contribution is 0.420. The molecule has 8 heteroatoms. The maximum atomic E-state index is 12.2. The van der Waals surface area contributed by atoms with Crippen molar-refractivity contribution in [3.05, 3.63) is 86.7 Å². The number of halogens is 1. The van der Waals surface area contributed by atoms with E-state index in [0.717, 1.165) is 10.0 Å². The van der Waals surface area contributed by atoms with E-state index in [1.165, 1.54) is 22.2 Å². The molecule has 4 rings (SSSR count). The summed E-state index contributed by atoms with van der Waals surface area (Å²) >= 11 is 4.72. The summed E-state index contributed by atoms with van der Waals surface area (Å²) in [6.45, 7) is 0. The van der Waals surface area contributed by atoms with Gasteiger partial charge in [0.25, 0.3) is 10.8 Å². The SMILES string of the molecule is O=c1cc(CSc2nnc(Cc3ccccc3)o2)nc2ccc(Br)cn12. The van der Waals surface area contributed by atoms with E-state index < -0.39 is 0 Å². The summed E-state index contributed by atoms with van der Waals surface area (Å²) < 4.78 is 8.00. The van der Waals surface area contributed by atoms with Crippen molar-refractivity contribution in [3.63, 3.8) is 0 Å². The van der Waals surface area contributed by atoms with Crippen molar-refractivity contribution in [1.82, 2.24) is 19.6 Å². The van der Waals surface area contributed by atoms with Crippen LogP contribution in [0.15, 0.2) is 73.6 Å². The van der Waals surface area contributed by atoms with Gasteiger partial charge in [0.05, 0.1) is 12.1 Å². The molecule has 0 aliphatic carbocycles. The Morgan fingerprint density at radius 2 is 1.96 bits per heavy atom. The topological polar surface area (TPSA) is 73.3 Å². The Hall–Kier alpha value is -2.45. The van der Waals surface area contributed by atoms with Gasteiger partial charge in [0, 0.05) is 22.5 Å². The van der Waals surface area contributed by atoms with E-state index in [1.807, 2.05) is 36.4 Å². The van der Waals surface area contributed by atoms with Crippen LogP contribution < -0.4 is 5.56 Å². The number of pyridine rings is 1. The lowest BCUT2D eigenvalue weighted by atomic mass is 10.2. The number of benzene rings is 1. The highest BCUT2D eigenvalue weighted by Crippen LogP contribution is 2.21.